The van der Waals surface area contributed by atoms with Crippen LogP contribution in [0.3, 0.4) is 0 Å². The summed E-state index contributed by atoms with van der Waals surface area (Å²) in [6.45, 7) is 2.19. The Hall–Kier alpha value is -3.85. The standard InChI is InChI=1S/C21H22N4O6S.3H2O/c1-11-22-14-4-3-12(9-13(14)19(28)23-11)10-25(2)17-7-6-16(32-17)20(29)24-15(21(30)31)5-8-18(26)27;;;/h3-4,6-7,9,15H,5,8,10H2,1-2H3,(H,24,29)(H,26,27)(H,30,31)(H,22,23,28);3*1H2. The number of anilines is 1. The van der Waals surface area contributed by atoms with Crippen LogP contribution in [-0.4, -0.2) is 67.5 Å². The molecule has 0 aliphatic rings. The van der Waals surface area contributed by atoms with Crippen molar-refractivity contribution in [1.82, 2.24) is 15.3 Å². The first-order chi connectivity index (χ1) is 15.1. The van der Waals surface area contributed by atoms with E-state index in [4.69, 9.17) is 5.11 Å². The van der Waals surface area contributed by atoms with Gasteiger partial charge in [0.2, 0.25) is 0 Å². The number of aliphatic carboxylic acids is 2. The lowest BCUT2D eigenvalue weighted by Gasteiger charge is -2.17. The number of H-pyrrole nitrogens is 1. The number of amides is 1. The van der Waals surface area contributed by atoms with Crippen LogP contribution >= 0.6 is 11.3 Å². The minimum absolute atomic E-state index is 0. The van der Waals surface area contributed by atoms with E-state index in [0.717, 1.165) is 10.6 Å². The maximum absolute atomic E-state index is 12.4. The molecular weight excluding hydrogens is 484 g/mol. The summed E-state index contributed by atoms with van der Waals surface area (Å²) in [5.74, 6) is -2.45. The van der Waals surface area contributed by atoms with Gasteiger partial charge in [0, 0.05) is 20.0 Å². The Kier molecular flexibility index (Phi) is 11.7. The Balaban J connectivity index is 0.00000385. The minimum atomic E-state index is -1.29. The van der Waals surface area contributed by atoms with E-state index in [1.165, 1.54) is 11.3 Å². The van der Waals surface area contributed by atoms with Gasteiger partial charge in [-0.05, 0) is 43.2 Å². The number of aromatic amines is 1. The zero-order chi connectivity index (χ0) is 23.4. The number of benzene rings is 1. The number of carboxylic acids is 2. The average Bonchev–Trinajstić information content (AvgIpc) is 3.21. The van der Waals surface area contributed by atoms with Crippen molar-refractivity contribution in [2.24, 2.45) is 0 Å². The number of fused-ring (bicyclic) bond motifs is 1. The second-order valence-corrected chi connectivity index (χ2v) is 8.36. The third-order valence-electron chi connectivity index (χ3n) is 4.75. The smallest absolute Gasteiger partial charge is 0.326 e. The van der Waals surface area contributed by atoms with Crippen LogP contribution in [0, 0.1) is 6.92 Å². The van der Waals surface area contributed by atoms with Crippen LogP contribution in [-0.2, 0) is 16.1 Å². The molecule has 1 aromatic carbocycles. The van der Waals surface area contributed by atoms with Crippen LogP contribution in [0.25, 0.3) is 10.9 Å². The van der Waals surface area contributed by atoms with Crippen molar-refractivity contribution in [2.75, 3.05) is 11.9 Å². The number of rotatable bonds is 9. The molecule has 35 heavy (non-hydrogen) atoms. The lowest BCUT2D eigenvalue weighted by atomic mass is 10.1. The fraction of sp³-hybridized carbons (Fsp3) is 0.286. The monoisotopic (exact) mass is 512 g/mol. The van der Waals surface area contributed by atoms with Crippen LogP contribution in [0.4, 0.5) is 5.00 Å². The number of thiophene rings is 1. The Bertz CT molecular complexity index is 1240. The molecule has 10 N–H and O–H groups in total. The third-order valence-corrected chi connectivity index (χ3v) is 5.95. The Morgan fingerprint density at radius 1 is 1.14 bits per heavy atom. The van der Waals surface area contributed by atoms with Gasteiger partial charge in [-0.25, -0.2) is 9.78 Å². The number of nitrogens with one attached hydrogen (secondary N) is 2. The summed E-state index contributed by atoms with van der Waals surface area (Å²) in [7, 11) is 1.84. The van der Waals surface area contributed by atoms with Gasteiger partial charge in [0.1, 0.15) is 11.9 Å². The van der Waals surface area contributed by atoms with Crippen molar-refractivity contribution in [2.45, 2.75) is 32.4 Å². The van der Waals surface area contributed by atoms with Crippen molar-refractivity contribution >= 4 is 45.1 Å². The first-order valence-electron chi connectivity index (χ1n) is 9.70. The number of hydrogen-bond donors (Lipinski definition) is 4. The molecule has 2 aromatic heterocycles. The molecule has 1 unspecified atom stereocenters. The molecule has 0 spiro atoms. The first kappa shape index (κ1) is 31.1. The van der Waals surface area contributed by atoms with Crippen molar-refractivity contribution < 1.29 is 41.0 Å². The van der Waals surface area contributed by atoms with E-state index in [1.807, 2.05) is 18.0 Å². The fourth-order valence-electron chi connectivity index (χ4n) is 3.16. The van der Waals surface area contributed by atoms with Crippen molar-refractivity contribution in [3.8, 4) is 0 Å². The predicted molar refractivity (Wildman–Crippen MR) is 130 cm³/mol. The molecular formula is C21H28N4O9S. The lowest BCUT2D eigenvalue weighted by molar-refractivity contribution is -0.140. The van der Waals surface area contributed by atoms with Crippen LogP contribution in [0.5, 0.6) is 0 Å². The number of carbonyl (C=O) groups excluding carboxylic acids is 1. The number of aromatic nitrogens is 2. The summed E-state index contributed by atoms with van der Waals surface area (Å²) in [6.07, 6.45) is -0.566. The van der Waals surface area contributed by atoms with Gasteiger partial charge in [0.15, 0.2) is 0 Å². The summed E-state index contributed by atoms with van der Waals surface area (Å²) in [6, 6.07) is 7.49. The maximum atomic E-state index is 12.4. The molecule has 3 aromatic rings. The van der Waals surface area contributed by atoms with Crippen molar-refractivity contribution in [3.63, 3.8) is 0 Å². The first-order valence-corrected chi connectivity index (χ1v) is 10.5. The van der Waals surface area contributed by atoms with Crippen LogP contribution < -0.4 is 15.8 Å². The highest BCUT2D eigenvalue weighted by Gasteiger charge is 2.22. The molecule has 0 radical (unpaired) electrons. The number of aryl methyl sites for hydroxylation is 1. The minimum Gasteiger partial charge on any atom is -0.481 e. The highest BCUT2D eigenvalue weighted by atomic mass is 32.1. The molecule has 14 heteroatoms. The lowest BCUT2D eigenvalue weighted by Crippen LogP contribution is -2.40. The summed E-state index contributed by atoms with van der Waals surface area (Å²) < 4.78 is 0. The van der Waals surface area contributed by atoms with E-state index < -0.39 is 23.9 Å². The van der Waals surface area contributed by atoms with Gasteiger partial charge >= 0.3 is 11.9 Å². The van der Waals surface area contributed by atoms with Crippen LogP contribution in [0.15, 0.2) is 35.1 Å². The highest BCUT2D eigenvalue weighted by molar-refractivity contribution is 7.17. The summed E-state index contributed by atoms with van der Waals surface area (Å²) >= 11 is 1.18. The van der Waals surface area contributed by atoms with Gasteiger partial charge in [0.05, 0.1) is 20.8 Å². The molecule has 0 aliphatic heterocycles. The normalized spacial score (nSPS) is 10.8. The Morgan fingerprint density at radius 3 is 2.46 bits per heavy atom. The average molecular weight is 513 g/mol. The molecule has 13 nitrogen and oxygen atoms in total. The quantitative estimate of drug-likeness (QED) is 0.290. The molecule has 1 amide bonds. The van der Waals surface area contributed by atoms with E-state index in [1.54, 1.807) is 31.2 Å². The molecule has 0 saturated heterocycles. The molecule has 0 bridgehead atoms. The second kappa shape index (κ2) is 13.1. The van der Waals surface area contributed by atoms with Crippen molar-refractivity contribution in [3.05, 3.63) is 57.0 Å². The van der Waals surface area contributed by atoms with E-state index in [2.05, 4.69) is 15.3 Å². The summed E-state index contributed by atoms with van der Waals surface area (Å²) in [5, 5.41) is 21.6. The van der Waals surface area contributed by atoms with E-state index in [0.29, 0.717) is 28.1 Å². The molecule has 1 atom stereocenters. The number of nitrogens with zero attached hydrogens (tertiary/aromatic N) is 2. The topological polar surface area (TPSA) is 247 Å². The van der Waals surface area contributed by atoms with E-state index in [-0.39, 0.29) is 34.8 Å². The number of hydrogen-bond acceptors (Lipinski definition) is 7. The zero-order valence-corrected chi connectivity index (χ0v) is 19.7. The van der Waals surface area contributed by atoms with Crippen LogP contribution in [0.1, 0.15) is 33.9 Å². The summed E-state index contributed by atoms with van der Waals surface area (Å²) in [4.78, 5) is 55.8. The molecule has 2 heterocycles. The van der Waals surface area contributed by atoms with Gasteiger partial charge < -0.3 is 41.8 Å². The predicted octanol–water partition coefficient (Wildman–Crippen LogP) is -0.497. The van der Waals surface area contributed by atoms with Gasteiger partial charge in [-0.2, -0.15) is 0 Å². The van der Waals surface area contributed by atoms with Gasteiger partial charge in [-0.1, -0.05) is 6.07 Å². The SMILES string of the molecule is Cc1nc2ccc(CN(C)c3ccc(C(=O)NC(CCC(=O)O)C(=O)O)s3)cc2c(=O)[nH]1.O.O.O. The second-order valence-electron chi connectivity index (χ2n) is 7.29. The number of carbonyl (C=O) groups is 3. The van der Waals surface area contributed by atoms with Gasteiger partial charge in [-0.3, -0.25) is 14.4 Å². The Labute approximate surface area is 203 Å². The third kappa shape index (κ3) is 7.86. The largest absolute Gasteiger partial charge is 0.481 e. The van der Waals surface area contributed by atoms with Gasteiger partial charge in [0.25, 0.3) is 11.5 Å². The summed E-state index contributed by atoms with van der Waals surface area (Å²) in [5.41, 5.74) is 1.29. The van der Waals surface area contributed by atoms with Crippen molar-refractivity contribution in [1.29, 1.82) is 0 Å². The fourth-order valence-corrected chi connectivity index (χ4v) is 4.03. The van der Waals surface area contributed by atoms with E-state index >= 15 is 0 Å². The maximum Gasteiger partial charge on any atom is 0.326 e. The molecule has 3 rings (SSSR count). The van der Waals surface area contributed by atoms with Gasteiger partial charge in [-0.15, -0.1) is 11.3 Å². The molecule has 0 fully saturated rings. The van der Waals surface area contributed by atoms with E-state index in [9.17, 15) is 24.3 Å². The zero-order valence-electron chi connectivity index (χ0n) is 18.9. The Morgan fingerprint density at radius 2 is 1.83 bits per heavy atom. The molecule has 192 valence electrons. The number of carboxylic acid groups (broad SMARTS) is 2. The molecule has 0 aliphatic carbocycles. The molecule has 0 saturated carbocycles. The highest BCUT2D eigenvalue weighted by Crippen LogP contribution is 2.27. The van der Waals surface area contributed by atoms with Crippen LogP contribution in [0.2, 0.25) is 0 Å².